The summed E-state index contributed by atoms with van der Waals surface area (Å²) in [5.41, 5.74) is -2.47. The molecular formula is C14H9ClF4O4. The van der Waals surface area contributed by atoms with Gasteiger partial charge in [-0.25, -0.2) is 14.0 Å². The lowest BCUT2D eigenvalue weighted by Crippen LogP contribution is -2.41. The van der Waals surface area contributed by atoms with Gasteiger partial charge in [0.05, 0.1) is 10.6 Å². The van der Waals surface area contributed by atoms with Crippen LogP contribution >= 0.6 is 11.6 Å². The average Bonchev–Trinajstić information content (AvgIpc) is 2.35. The maximum Gasteiger partial charge on any atom is 0.417 e. The zero-order valence-corrected chi connectivity index (χ0v) is 12.5. The molecule has 2 rings (SSSR count). The molecule has 124 valence electrons. The lowest BCUT2D eigenvalue weighted by molar-refractivity contribution is -0.222. The normalized spacial score (nSPS) is 17.6. The zero-order chi connectivity index (χ0) is 17.6. The van der Waals surface area contributed by atoms with E-state index in [0.717, 1.165) is 6.08 Å². The summed E-state index contributed by atoms with van der Waals surface area (Å²) in [6, 6.07) is 1.17. The molecule has 0 saturated carbocycles. The van der Waals surface area contributed by atoms with Crippen LogP contribution in [0.3, 0.4) is 0 Å². The third kappa shape index (κ3) is 3.64. The van der Waals surface area contributed by atoms with Crippen LogP contribution in [-0.2, 0) is 25.2 Å². The highest BCUT2D eigenvalue weighted by Crippen LogP contribution is 2.37. The second-order valence-corrected chi connectivity index (χ2v) is 5.48. The van der Waals surface area contributed by atoms with Gasteiger partial charge in [-0.3, -0.25) is 0 Å². The maximum atomic E-state index is 13.5. The van der Waals surface area contributed by atoms with Gasteiger partial charge in [-0.05, 0) is 23.8 Å². The smallest absolute Gasteiger partial charge is 0.417 e. The summed E-state index contributed by atoms with van der Waals surface area (Å²) < 4.78 is 61.5. The predicted molar refractivity (Wildman–Crippen MR) is 70.7 cm³/mol. The Morgan fingerprint density at radius 3 is 2.13 bits per heavy atom. The first-order chi connectivity index (χ1) is 10.4. The maximum absolute atomic E-state index is 13.5. The Balaban J connectivity index is 2.50. The van der Waals surface area contributed by atoms with E-state index in [4.69, 9.17) is 21.1 Å². The fourth-order valence-corrected chi connectivity index (χ4v) is 2.06. The Morgan fingerprint density at radius 2 is 1.65 bits per heavy atom. The minimum Gasteiger partial charge on any atom is -0.419 e. The van der Waals surface area contributed by atoms with E-state index in [0.29, 0.717) is 12.1 Å². The van der Waals surface area contributed by atoms with Gasteiger partial charge < -0.3 is 9.47 Å². The van der Waals surface area contributed by atoms with Crippen molar-refractivity contribution in [3.8, 4) is 0 Å². The van der Waals surface area contributed by atoms with Crippen molar-refractivity contribution in [1.29, 1.82) is 0 Å². The Kier molecular flexibility index (Phi) is 4.14. The van der Waals surface area contributed by atoms with Crippen LogP contribution in [0, 0.1) is 5.82 Å². The van der Waals surface area contributed by atoms with Gasteiger partial charge in [-0.15, -0.1) is 0 Å². The van der Waals surface area contributed by atoms with Crippen molar-refractivity contribution in [3.63, 3.8) is 0 Å². The number of alkyl halides is 3. The molecule has 1 fully saturated rings. The topological polar surface area (TPSA) is 52.6 Å². The summed E-state index contributed by atoms with van der Waals surface area (Å²) in [4.78, 5) is 23.5. The van der Waals surface area contributed by atoms with E-state index in [1.54, 1.807) is 0 Å². The number of hydrogen-bond acceptors (Lipinski definition) is 4. The number of halogens is 5. The molecule has 0 atom stereocenters. The fraction of sp³-hybridized carbons (Fsp3) is 0.286. The molecule has 23 heavy (non-hydrogen) atoms. The van der Waals surface area contributed by atoms with Gasteiger partial charge in [0.2, 0.25) is 0 Å². The second-order valence-electron chi connectivity index (χ2n) is 5.10. The highest BCUT2D eigenvalue weighted by Gasteiger charge is 2.39. The van der Waals surface area contributed by atoms with Gasteiger partial charge in [0.15, 0.2) is 0 Å². The monoisotopic (exact) mass is 352 g/mol. The Morgan fingerprint density at radius 1 is 1.13 bits per heavy atom. The van der Waals surface area contributed by atoms with E-state index >= 15 is 0 Å². The molecule has 0 N–H and O–H groups in total. The van der Waals surface area contributed by atoms with Crippen LogP contribution < -0.4 is 0 Å². The number of carbonyl (C=O) groups excluding carboxylic acids is 2. The Hall–Kier alpha value is -2.09. The van der Waals surface area contributed by atoms with Crippen molar-refractivity contribution in [1.82, 2.24) is 0 Å². The van der Waals surface area contributed by atoms with Crippen LogP contribution in [0.2, 0.25) is 5.02 Å². The van der Waals surface area contributed by atoms with E-state index in [9.17, 15) is 27.2 Å². The van der Waals surface area contributed by atoms with Gasteiger partial charge >= 0.3 is 18.1 Å². The van der Waals surface area contributed by atoms with Crippen LogP contribution in [-0.4, -0.2) is 17.7 Å². The quantitative estimate of drug-likeness (QED) is 0.334. The van der Waals surface area contributed by atoms with Crippen molar-refractivity contribution < 1.29 is 36.6 Å². The number of benzene rings is 1. The predicted octanol–water partition coefficient (Wildman–Crippen LogP) is 3.72. The summed E-state index contributed by atoms with van der Waals surface area (Å²) in [7, 11) is 0. The molecule has 1 aromatic rings. The van der Waals surface area contributed by atoms with Crippen LogP contribution in [0.25, 0.3) is 6.08 Å². The Bertz CT molecular complexity index is 700. The molecule has 0 unspecified atom stereocenters. The SMILES string of the molecule is CC1(C)OC(=O)C(=Cc2cc(F)c(Cl)c(C(F)(F)F)c2)C(=O)O1. The van der Waals surface area contributed by atoms with Gasteiger partial charge in [0, 0.05) is 13.8 Å². The summed E-state index contributed by atoms with van der Waals surface area (Å²) in [5.74, 6) is -5.01. The molecule has 0 spiro atoms. The van der Waals surface area contributed by atoms with Crippen molar-refractivity contribution in [2.75, 3.05) is 0 Å². The third-order valence-electron chi connectivity index (χ3n) is 2.78. The minimum absolute atomic E-state index is 0.386. The molecule has 9 heteroatoms. The number of hydrogen-bond donors (Lipinski definition) is 0. The number of carbonyl (C=O) groups is 2. The zero-order valence-electron chi connectivity index (χ0n) is 11.8. The first-order valence-corrected chi connectivity index (χ1v) is 6.53. The lowest BCUT2D eigenvalue weighted by Gasteiger charge is -2.29. The van der Waals surface area contributed by atoms with E-state index in [-0.39, 0.29) is 5.56 Å². The summed E-state index contributed by atoms with van der Waals surface area (Å²) in [5, 5.41) is -1.10. The molecule has 1 aliphatic heterocycles. The Labute approximate surface area is 132 Å². The largest absolute Gasteiger partial charge is 0.419 e. The van der Waals surface area contributed by atoms with Crippen LogP contribution in [0.1, 0.15) is 25.0 Å². The summed E-state index contributed by atoms with van der Waals surface area (Å²) in [6.45, 7) is 2.62. The molecular weight excluding hydrogens is 344 g/mol. The molecule has 1 aromatic carbocycles. The van der Waals surface area contributed by atoms with Crippen molar-refractivity contribution in [2.45, 2.75) is 25.8 Å². The highest BCUT2D eigenvalue weighted by atomic mass is 35.5. The molecule has 0 bridgehead atoms. The summed E-state index contributed by atoms with van der Waals surface area (Å²) >= 11 is 5.29. The molecule has 0 aliphatic carbocycles. The average molecular weight is 353 g/mol. The van der Waals surface area contributed by atoms with Gasteiger partial charge in [-0.1, -0.05) is 11.6 Å². The number of rotatable bonds is 1. The fourth-order valence-electron chi connectivity index (χ4n) is 1.84. The van der Waals surface area contributed by atoms with Gasteiger partial charge in [0.1, 0.15) is 11.4 Å². The van der Waals surface area contributed by atoms with Crippen molar-refractivity contribution in [2.24, 2.45) is 0 Å². The standard InChI is InChI=1S/C14H9ClF4O4/c1-13(2)22-11(20)7(12(21)23-13)3-6-4-8(14(17,18)19)10(15)9(16)5-6/h3-5H,1-2H3. The molecule has 0 amide bonds. The molecule has 0 radical (unpaired) electrons. The van der Waals surface area contributed by atoms with E-state index in [1.165, 1.54) is 13.8 Å². The van der Waals surface area contributed by atoms with Crippen LogP contribution in [0.4, 0.5) is 17.6 Å². The molecule has 4 nitrogen and oxygen atoms in total. The van der Waals surface area contributed by atoms with Crippen LogP contribution in [0.15, 0.2) is 17.7 Å². The first-order valence-electron chi connectivity index (χ1n) is 6.15. The number of cyclic esters (lactones) is 2. The van der Waals surface area contributed by atoms with Crippen molar-refractivity contribution in [3.05, 3.63) is 39.7 Å². The second kappa shape index (κ2) is 5.52. The van der Waals surface area contributed by atoms with E-state index in [2.05, 4.69) is 0 Å². The summed E-state index contributed by atoms with van der Waals surface area (Å²) in [6.07, 6.45) is -4.16. The minimum atomic E-state index is -4.90. The lowest BCUT2D eigenvalue weighted by atomic mass is 10.1. The van der Waals surface area contributed by atoms with E-state index in [1.807, 2.05) is 0 Å². The first kappa shape index (κ1) is 17.3. The third-order valence-corrected chi connectivity index (χ3v) is 3.17. The van der Waals surface area contributed by atoms with Crippen molar-refractivity contribution >= 4 is 29.6 Å². The molecule has 1 saturated heterocycles. The highest BCUT2D eigenvalue weighted by molar-refractivity contribution is 6.31. The van der Waals surface area contributed by atoms with Gasteiger partial charge in [-0.2, -0.15) is 13.2 Å². The number of esters is 2. The molecule has 0 aromatic heterocycles. The molecule has 1 aliphatic rings. The molecule has 1 heterocycles. The number of ether oxygens (including phenoxy) is 2. The van der Waals surface area contributed by atoms with E-state index < -0.39 is 45.9 Å². The van der Waals surface area contributed by atoms with Crippen LogP contribution in [0.5, 0.6) is 0 Å². The van der Waals surface area contributed by atoms with Gasteiger partial charge in [0.25, 0.3) is 5.79 Å².